The maximum absolute atomic E-state index is 5.96. The van der Waals surface area contributed by atoms with Crippen molar-refractivity contribution < 1.29 is 0 Å². The Labute approximate surface area is 116 Å². The van der Waals surface area contributed by atoms with Crippen LogP contribution in [0.15, 0.2) is 30.5 Å². The molecule has 0 fully saturated rings. The fraction of sp³-hybridized carbons (Fsp3) is 0.154. The van der Waals surface area contributed by atoms with Crippen LogP contribution in [0.3, 0.4) is 0 Å². The largest absolute Gasteiger partial charge is 0.397 e. The van der Waals surface area contributed by atoms with Crippen LogP contribution < -0.4 is 11.1 Å². The molecule has 2 aromatic rings. The lowest BCUT2D eigenvalue weighted by atomic mass is 10.2. The molecule has 18 heavy (non-hydrogen) atoms. The Morgan fingerprint density at radius 3 is 2.72 bits per heavy atom. The van der Waals surface area contributed by atoms with E-state index in [9.17, 15) is 0 Å². The van der Waals surface area contributed by atoms with Crippen LogP contribution in [0.4, 0.5) is 11.4 Å². The van der Waals surface area contributed by atoms with E-state index in [0.29, 0.717) is 22.3 Å². The minimum atomic E-state index is 0.453. The van der Waals surface area contributed by atoms with Crippen LogP contribution in [0.2, 0.25) is 10.0 Å². The van der Waals surface area contributed by atoms with Crippen molar-refractivity contribution in [3.63, 3.8) is 0 Å². The third-order valence-electron chi connectivity index (χ3n) is 2.66. The van der Waals surface area contributed by atoms with Crippen LogP contribution in [-0.2, 0) is 6.54 Å². The Balaban J connectivity index is 2.16. The molecule has 3 N–H and O–H groups in total. The summed E-state index contributed by atoms with van der Waals surface area (Å²) < 4.78 is 0. The van der Waals surface area contributed by atoms with Gasteiger partial charge in [0.2, 0.25) is 0 Å². The molecule has 94 valence electrons. The molecule has 0 spiro atoms. The van der Waals surface area contributed by atoms with E-state index < -0.39 is 0 Å². The van der Waals surface area contributed by atoms with Crippen molar-refractivity contribution in [3.05, 3.63) is 51.8 Å². The smallest absolute Gasteiger partial charge is 0.0623 e. The summed E-state index contributed by atoms with van der Waals surface area (Å²) in [5.41, 5.74) is 9.30. The van der Waals surface area contributed by atoms with Crippen molar-refractivity contribution in [2.45, 2.75) is 13.5 Å². The van der Waals surface area contributed by atoms with E-state index in [2.05, 4.69) is 10.3 Å². The summed E-state index contributed by atoms with van der Waals surface area (Å²) in [4.78, 5) is 4.30. The second-order valence-corrected chi connectivity index (χ2v) is 4.79. The topological polar surface area (TPSA) is 50.9 Å². The molecule has 2 rings (SSSR count). The second kappa shape index (κ2) is 5.46. The number of rotatable bonds is 3. The maximum atomic E-state index is 5.96. The van der Waals surface area contributed by atoms with E-state index >= 15 is 0 Å². The number of anilines is 2. The molecule has 3 nitrogen and oxygen atoms in total. The molecule has 0 aliphatic rings. The van der Waals surface area contributed by atoms with Gasteiger partial charge in [0.1, 0.15) is 0 Å². The highest BCUT2D eigenvalue weighted by Gasteiger charge is 2.06. The van der Waals surface area contributed by atoms with Crippen molar-refractivity contribution in [1.29, 1.82) is 0 Å². The number of nitrogens with one attached hydrogen (secondary N) is 1. The first kappa shape index (κ1) is 13.0. The molecule has 0 saturated carbocycles. The molecular weight excluding hydrogens is 269 g/mol. The molecule has 0 saturated heterocycles. The van der Waals surface area contributed by atoms with Gasteiger partial charge in [0, 0.05) is 6.20 Å². The van der Waals surface area contributed by atoms with Crippen LogP contribution in [-0.4, -0.2) is 4.98 Å². The van der Waals surface area contributed by atoms with E-state index in [-0.39, 0.29) is 0 Å². The average molecular weight is 282 g/mol. The zero-order chi connectivity index (χ0) is 13.1. The third-order valence-corrected chi connectivity index (χ3v) is 3.38. The van der Waals surface area contributed by atoms with E-state index in [1.807, 2.05) is 19.1 Å². The van der Waals surface area contributed by atoms with Gasteiger partial charge < -0.3 is 11.1 Å². The van der Waals surface area contributed by atoms with Crippen molar-refractivity contribution >= 4 is 34.6 Å². The minimum absolute atomic E-state index is 0.453. The Bertz CT molecular complexity index is 570. The van der Waals surface area contributed by atoms with E-state index in [1.54, 1.807) is 18.3 Å². The molecule has 0 radical (unpaired) electrons. The first-order valence-electron chi connectivity index (χ1n) is 5.47. The highest BCUT2D eigenvalue weighted by Crippen LogP contribution is 2.30. The highest BCUT2D eigenvalue weighted by atomic mass is 35.5. The third kappa shape index (κ3) is 2.86. The van der Waals surface area contributed by atoms with Crippen LogP contribution in [0.1, 0.15) is 11.3 Å². The predicted octanol–water partition coefficient (Wildman–Crippen LogP) is 3.89. The minimum Gasteiger partial charge on any atom is -0.397 e. The van der Waals surface area contributed by atoms with Gasteiger partial charge >= 0.3 is 0 Å². The zero-order valence-electron chi connectivity index (χ0n) is 9.87. The predicted molar refractivity (Wildman–Crippen MR) is 77.2 cm³/mol. The number of aromatic nitrogens is 1. The first-order valence-corrected chi connectivity index (χ1v) is 6.22. The Kier molecular flexibility index (Phi) is 3.94. The summed E-state index contributed by atoms with van der Waals surface area (Å²) in [5, 5.41) is 4.14. The quantitative estimate of drug-likeness (QED) is 0.840. The Morgan fingerprint density at radius 1 is 1.28 bits per heavy atom. The molecule has 0 aliphatic heterocycles. The first-order chi connectivity index (χ1) is 8.58. The number of aryl methyl sites for hydroxylation is 1. The maximum Gasteiger partial charge on any atom is 0.0623 e. The van der Waals surface area contributed by atoms with Crippen molar-refractivity contribution in [2.24, 2.45) is 0 Å². The highest BCUT2D eigenvalue weighted by molar-refractivity contribution is 6.42. The lowest BCUT2D eigenvalue weighted by molar-refractivity contribution is 1.02. The monoisotopic (exact) mass is 281 g/mol. The summed E-state index contributed by atoms with van der Waals surface area (Å²) in [6.07, 6.45) is 1.77. The zero-order valence-corrected chi connectivity index (χ0v) is 11.4. The van der Waals surface area contributed by atoms with Gasteiger partial charge in [-0.1, -0.05) is 29.3 Å². The molecule has 0 atom stereocenters. The number of pyridine rings is 1. The Morgan fingerprint density at radius 2 is 2.00 bits per heavy atom. The normalized spacial score (nSPS) is 10.4. The van der Waals surface area contributed by atoms with Crippen LogP contribution >= 0.6 is 23.2 Å². The summed E-state index contributed by atoms with van der Waals surface area (Å²) in [6.45, 7) is 2.61. The number of halogens is 2. The molecule has 0 aliphatic carbocycles. The van der Waals surface area contributed by atoms with E-state index in [0.717, 1.165) is 16.9 Å². The van der Waals surface area contributed by atoms with Crippen molar-refractivity contribution in [1.82, 2.24) is 4.98 Å². The molecule has 0 bridgehead atoms. The average Bonchev–Trinajstić information content (AvgIpc) is 2.34. The number of nitrogens with two attached hydrogens (primary N) is 1. The molecule has 0 amide bonds. The van der Waals surface area contributed by atoms with Gasteiger partial charge in [-0.25, -0.2) is 0 Å². The summed E-state index contributed by atoms with van der Waals surface area (Å²) in [7, 11) is 0. The van der Waals surface area contributed by atoms with E-state index in [4.69, 9.17) is 28.9 Å². The van der Waals surface area contributed by atoms with Gasteiger partial charge in [0.25, 0.3) is 0 Å². The number of nitrogen functional groups attached to an aromatic ring is 1. The van der Waals surface area contributed by atoms with Crippen LogP contribution in [0.25, 0.3) is 0 Å². The van der Waals surface area contributed by atoms with Gasteiger partial charge in [-0.2, -0.15) is 0 Å². The van der Waals surface area contributed by atoms with Crippen molar-refractivity contribution in [3.8, 4) is 0 Å². The van der Waals surface area contributed by atoms with Gasteiger partial charge in [-0.15, -0.1) is 0 Å². The summed E-state index contributed by atoms with van der Waals surface area (Å²) >= 11 is 11.8. The summed E-state index contributed by atoms with van der Waals surface area (Å²) in [6, 6.07) is 7.28. The molecule has 1 heterocycles. The Hall–Kier alpha value is -1.45. The lowest BCUT2D eigenvalue weighted by Crippen LogP contribution is -2.05. The van der Waals surface area contributed by atoms with Gasteiger partial charge in [-0.05, 0) is 30.7 Å². The molecule has 0 unspecified atom stereocenters. The van der Waals surface area contributed by atoms with Crippen LogP contribution in [0, 0.1) is 6.92 Å². The van der Waals surface area contributed by atoms with Gasteiger partial charge in [0.15, 0.2) is 0 Å². The molecule has 1 aromatic carbocycles. The molecular formula is C13H13Cl2N3. The van der Waals surface area contributed by atoms with E-state index in [1.165, 1.54) is 0 Å². The number of nitrogens with zero attached hydrogens (tertiary/aromatic N) is 1. The van der Waals surface area contributed by atoms with Gasteiger partial charge in [-0.3, -0.25) is 4.98 Å². The second-order valence-electron chi connectivity index (χ2n) is 3.97. The summed E-state index contributed by atoms with van der Waals surface area (Å²) in [5.74, 6) is 0. The fourth-order valence-corrected chi connectivity index (χ4v) is 1.93. The number of hydrogen-bond donors (Lipinski definition) is 2. The standard InChI is InChI=1S/C13H13Cl2N3/c1-8-3-2-4-17-13(8)7-18-12-6-10(15)9(14)5-11(12)16/h2-6,18H,7,16H2,1H3. The lowest BCUT2D eigenvalue weighted by Gasteiger charge is -2.11. The van der Waals surface area contributed by atoms with Gasteiger partial charge in [0.05, 0.1) is 33.7 Å². The molecule has 1 aromatic heterocycles. The molecule has 5 heteroatoms. The SMILES string of the molecule is Cc1cccnc1CNc1cc(Cl)c(Cl)cc1N. The number of hydrogen-bond acceptors (Lipinski definition) is 3. The van der Waals surface area contributed by atoms with Crippen LogP contribution in [0.5, 0.6) is 0 Å². The fourth-order valence-electron chi connectivity index (χ4n) is 1.60. The van der Waals surface area contributed by atoms with Crippen molar-refractivity contribution in [2.75, 3.05) is 11.1 Å². The number of benzene rings is 1.